The van der Waals surface area contributed by atoms with E-state index in [-0.39, 0.29) is 0 Å². The van der Waals surface area contributed by atoms with Crippen LogP contribution in [0.3, 0.4) is 0 Å². The van der Waals surface area contributed by atoms with Crippen molar-refractivity contribution < 1.29 is 5.11 Å². The fourth-order valence-electron chi connectivity index (χ4n) is 1.50. The Morgan fingerprint density at radius 2 is 2.18 bits per heavy atom. The zero-order valence-corrected chi connectivity index (χ0v) is 7.14. The monoisotopic (exact) mass is 155 g/mol. The molecule has 0 aromatic heterocycles. The smallest absolute Gasteiger partial charge is 0.0882 e. The van der Waals surface area contributed by atoms with Gasteiger partial charge in [0.2, 0.25) is 0 Å². The highest BCUT2D eigenvalue weighted by Crippen LogP contribution is 2.18. The maximum atomic E-state index is 9.25. The van der Waals surface area contributed by atoms with Crippen molar-refractivity contribution in [3.8, 4) is 0 Å². The second-order valence-corrected chi connectivity index (χ2v) is 3.18. The van der Waals surface area contributed by atoms with Crippen LogP contribution in [0.25, 0.3) is 0 Å². The van der Waals surface area contributed by atoms with Crippen LogP contribution < -0.4 is 5.32 Å². The lowest BCUT2D eigenvalue weighted by molar-refractivity contribution is 0.305. The third-order valence-electron chi connectivity index (χ3n) is 2.29. The molecule has 1 aliphatic heterocycles. The lowest BCUT2D eigenvalue weighted by Crippen LogP contribution is -2.27. The van der Waals surface area contributed by atoms with E-state index in [1.165, 1.54) is 12.8 Å². The zero-order chi connectivity index (χ0) is 8.10. The van der Waals surface area contributed by atoms with Crippen LogP contribution in [0.1, 0.15) is 26.2 Å². The van der Waals surface area contributed by atoms with Crippen LogP contribution in [0.5, 0.6) is 0 Å². The van der Waals surface area contributed by atoms with Gasteiger partial charge in [0.15, 0.2) is 0 Å². The molecular weight excluding hydrogens is 138 g/mol. The molecule has 0 aromatic carbocycles. The molecule has 0 atom stereocenters. The molecule has 64 valence electrons. The highest BCUT2D eigenvalue weighted by atomic mass is 16.3. The fourth-order valence-corrected chi connectivity index (χ4v) is 1.50. The predicted octanol–water partition coefficient (Wildman–Crippen LogP) is 1.84. The maximum Gasteiger partial charge on any atom is 0.0882 e. The minimum absolute atomic E-state index is 0.553. The van der Waals surface area contributed by atoms with Gasteiger partial charge in [-0.1, -0.05) is 0 Å². The summed E-state index contributed by atoms with van der Waals surface area (Å²) in [5, 5.41) is 12.6. The third-order valence-corrected chi connectivity index (χ3v) is 2.29. The fraction of sp³-hybridized carbons (Fsp3) is 0.778. The summed E-state index contributed by atoms with van der Waals surface area (Å²) in [6, 6.07) is 0. The van der Waals surface area contributed by atoms with E-state index in [1.54, 1.807) is 6.08 Å². The second kappa shape index (κ2) is 4.39. The summed E-state index contributed by atoms with van der Waals surface area (Å²) in [7, 11) is 0. The summed E-state index contributed by atoms with van der Waals surface area (Å²) in [4.78, 5) is 0. The van der Waals surface area contributed by atoms with Gasteiger partial charge < -0.3 is 10.4 Å². The van der Waals surface area contributed by atoms with Gasteiger partial charge in [-0.2, -0.15) is 0 Å². The molecule has 0 aromatic rings. The molecule has 0 spiro atoms. The van der Waals surface area contributed by atoms with Gasteiger partial charge in [-0.3, -0.25) is 0 Å². The van der Waals surface area contributed by atoms with E-state index >= 15 is 0 Å². The highest BCUT2D eigenvalue weighted by Gasteiger charge is 2.13. The van der Waals surface area contributed by atoms with E-state index in [0.717, 1.165) is 19.5 Å². The van der Waals surface area contributed by atoms with Crippen molar-refractivity contribution in [2.45, 2.75) is 26.2 Å². The molecule has 1 saturated heterocycles. The van der Waals surface area contributed by atoms with Gasteiger partial charge in [0.05, 0.1) is 5.76 Å². The van der Waals surface area contributed by atoms with Crippen molar-refractivity contribution >= 4 is 0 Å². The molecule has 2 heteroatoms. The van der Waals surface area contributed by atoms with Crippen molar-refractivity contribution in [1.82, 2.24) is 5.32 Å². The standard InChI is InChI=1S/C9H17NO/c1-2-9(11)7-8-3-5-10-6-4-8/h2,8,10-11H,3-7H2,1H3. The Morgan fingerprint density at radius 3 is 2.73 bits per heavy atom. The number of nitrogens with one attached hydrogen (secondary N) is 1. The summed E-state index contributed by atoms with van der Waals surface area (Å²) in [6.45, 7) is 4.11. The van der Waals surface area contributed by atoms with Crippen LogP contribution in [-0.4, -0.2) is 18.2 Å². The Hall–Kier alpha value is -0.500. The molecule has 0 unspecified atom stereocenters. The van der Waals surface area contributed by atoms with Gasteiger partial charge in [0, 0.05) is 6.42 Å². The van der Waals surface area contributed by atoms with E-state index in [0.29, 0.717) is 11.7 Å². The normalized spacial score (nSPS) is 22.1. The van der Waals surface area contributed by atoms with Crippen molar-refractivity contribution in [3.05, 3.63) is 11.8 Å². The number of hydrogen-bond acceptors (Lipinski definition) is 2. The molecule has 1 rings (SSSR count). The first-order chi connectivity index (χ1) is 5.33. The van der Waals surface area contributed by atoms with E-state index < -0.39 is 0 Å². The molecule has 0 aliphatic carbocycles. The van der Waals surface area contributed by atoms with Crippen LogP contribution in [-0.2, 0) is 0 Å². The molecule has 0 radical (unpaired) electrons. The van der Waals surface area contributed by atoms with Gasteiger partial charge in [-0.05, 0) is 44.8 Å². The van der Waals surface area contributed by atoms with Gasteiger partial charge in [0.1, 0.15) is 0 Å². The maximum absolute atomic E-state index is 9.25. The minimum atomic E-state index is 0.553. The van der Waals surface area contributed by atoms with Crippen molar-refractivity contribution in [1.29, 1.82) is 0 Å². The summed E-state index contributed by atoms with van der Waals surface area (Å²) in [6.07, 6.45) is 5.08. The molecule has 0 amide bonds. The first-order valence-electron chi connectivity index (χ1n) is 4.38. The van der Waals surface area contributed by atoms with Gasteiger partial charge >= 0.3 is 0 Å². The van der Waals surface area contributed by atoms with Gasteiger partial charge in [-0.25, -0.2) is 0 Å². The number of rotatable bonds is 2. The predicted molar refractivity (Wildman–Crippen MR) is 46.6 cm³/mol. The lowest BCUT2D eigenvalue weighted by Gasteiger charge is -2.21. The number of allylic oxidation sites excluding steroid dienone is 2. The number of hydrogen-bond donors (Lipinski definition) is 2. The molecule has 0 saturated carbocycles. The van der Waals surface area contributed by atoms with Crippen LogP contribution in [0.2, 0.25) is 0 Å². The van der Waals surface area contributed by atoms with Crippen LogP contribution in [0.4, 0.5) is 0 Å². The van der Waals surface area contributed by atoms with Crippen LogP contribution in [0.15, 0.2) is 11.8 Å². The van der Waals surface area contributed by atoms with Gasteiger partial charge in [-0.15, -0.1) is 0 Å². The quantitative estimate of drug-likeness (QED) is 0.596. The van der Waals surface area contributed by atoms with Crippen LogP contribution >= 0.6 is 0 Å². The molecular formula is C9H17NO. The SMILES string of the molecule is CC=C(O)CC1CCNCC1. The van der Waals surface area contributed by atoms with Crippen LogP contribution in [0, 0.1) is 5.92 Å². The molecule has 2 nitrogen and oxygen atoms in total. The van der Waals surface area contributed by atoms with E-state index in [2.05, 4.69) is 5.32 Å². The molecule has 11 heavy (non-hydrogen) atoms. The number of piperidine rings is 1. The lowest BCUT2D eigenvalue weighted by atomic mass is 9.94. The Balaban J connectivity index is 2.24. The Morgan fingerprint density at radius 1 is 1.55 bits per heavy atom. The summed E-state index contributed by atoms with van der Waals surface area (Å²) in [5.74, 6) is 1.25. The van der Waals surface area contributed by atoms with E-state index in [4.69, 9.17) is 0 Å². The molecule has 1 fully saturated rings. The van der Waals surface area contributed by atoms with E-state index in [1.807, 2.05) is 6.92 Å². The first kappa shape index (κ1) is 8.60. The third kappa shape index (κ3) is 2.93. The van der Waals surface area contributed by atoms with E-state index in [9.17, 15) is 5.11 Å². The van der Waals surface area contributed by atoms with Gasteiger partial charge in [0.25, 0.3) is 0 Å². The topological polar surface area (TPSA) is 32.3 Å². The second-order valence-electron chi connectivity index (χ2n) is 3.18. The summed E-state index contributed by atoms with van der Waals surface area (Å²) in [5.41, 5.74) is 0. The highest BCUT2D eigenvalue weighted by molar-refractivity contribution is 4.90. The van der Waals surface area contributed by atoms with Crippen molar-refractivity contribution in [3.63, 3.8) is 0 Å². The summed E-state index contributed by atoms with van der Waals surface area (Å²) < 4.78 is 0. The number of aliphatic hydroxyl groups is 1. The molecule has 1 heterocycles. The number of aliphatic hydroxyl groups excluding tert-OH is 1. The average molecular weight is 155 g/mol. The Labute approximate surface area is 68.3 Å². The Bertz CT molecular complexity index is 136. The molecule has 0 bridgehead atoms. The Kier molecular flexibility index (Phi) is 3.43. The largest absolute Gasteiger partial charge is 0.513 e. The van der Waals surface area contributed by atoms with Crippen molar-refractivity contribution in [2.75, 3.05) is 13.1 Å². The average Bonchev–Trinajstić information content (AvgIpc) is 2.06. The minimum Gasteiger partial charge on any atom is -0.513 e. The molecule has 2 N–H and O–H groups in total. The summed E-state index contributed by atoms with van der Waals surface area (Å²) >= 11 is 0. The molecule has 1 aliphatic rings. The first-order valence-corrected chi connectivity index (χ1v) is 4.38. The van der Waals surface area contributed by atoms with Crippen molar-refractivity contribution in [2.24, 2.45) is 5.92 Å². The zero-order valence-electron chi connectivity index (χ0n) is 7.14.